The summed E-state index contributed by atoms with van der Waals surface area (Å²) in [5.74, 6) is 0. The van der Waals surface area contributed by atoms with Crippen molar-refractivity contribution in [3.8, 4) is 0 Å². The Kier molecular flexibility index (Phi) is 2.91. The Morgan fingerprint density at radius 3 is 2.93 bits per heavy atom. The van der Waals surface area contributed by atoms with Crippen molar-refractivity contribution in [2.24, 2.45) is 5.41 Å². The highest BCUT2D eigenvalue weighted by atomic mass is 14.9. The summed E-state index contributed by atoms with van der Waals surface area (Å²) in [7, 11) is 0. The van der Waals surface area contributed by atoms with Gasteiger partial charge in [-0.2, -0.15) is 0 Å². The second kappa shape index (κ2) is 4.19. The van der Waals surface area contributed by atoms with Crippen LogP contribution in [-0.2, 0) is 6.54 Å². The van der Waals surface area contributed by atoms with E-state index in [2.05, 4.69) is 17.2 Å². The molecule has 82 valence electrons. The third-order valence-electron chi connectivity index (χ3n) is 3.42. The maximum absolute atomic E-state index is 5.82. The van der Waals surface area contributed by atoms with E-state index in [4.69, 9.17) is 5.73 Å². The molecule has 0 amide bonds. The fourth-order valence-corrected chi connectivity index (χ4v) is 1.88. The molecule has 0 aromatic carbocycles. The zero-order chi connectivity index (χ0) is 10.7. The standard InChI is InChI=1S/C12H19N3/c1-2-12(5-6-12)9-14-8-11-10(13)4-3-7-15-11/h3-4,7,14H,2,5-6,8-9,13H2,1H3. The van der Waals surface area contributed by atoms with Gasteiger partial charge in [-0.1, -0.05) is 6.92 Å². The molecule has 0 radical (unpaired) electrons. The van der Waals surface area contributed by atoms with Crippen LogP contribution >= 0.6 is 0 Å². The lowest BCUT2D eigenvalue weighted by Gasteiger charge is -2.13. The van der Waals surface area contributed by atoms with E-state index in [-0.39, 0.29) is 0 Å². The van der Waals surface area contributed by atoms with Gasteiger partial charge in [-0.15, -0.1) is 0 Å². The highest BCUT2D eigenvalue weighted by Gasteiger charge is 2.39. The van der Waals surface area contributed by atoms with Gasteiger partial charge in [-0.3, -0.25) is 4.98 Å². The molecule has 1 aromatic heterocycles. The van der Waals surface area contributed by atoms with Crippen molar-refractivity contribution in [3.05, 3.63) is 24.0 Å². The molecule has 1 fully saturated rings. The Bertz CT molecular complexity index is 331. The maximum atomic E-state index is 5.82. The number of nitrogens with zero attached hydrogens (tertiary/aromatic N) is 1. The predicted octanol–water partition coefficient (Wildman–Crippen LogP) is 1.94. The smallest absolute Gasteiger partial charge is 0.0770 e. The number of rotatable bonds is 5. The Hall–Kier alpha value is -1.09. The van der Waals surface area contributed by atoms with Crippen molar-refractivity contribution in [2.75, 3.05) is 12.3 Å². The number of nitrogen functional groups attached to an aromatic ring is 1. The van der Waals surface area contributed by atoms with E-state index in [0.29, 0.717) is 5.41 Å². The van der Waals surface area contributed by atoms with Crippen LogP contribution in [0.5, 0.6) is 0 Å². The Morgan fingerprint density at radius 1 is 1.53 bits per heavy atom. The Morgan fingerprint density at radius 2 is 2.33 bits per heavy atom. The van der Waals surface area contributed by atoms with Gasteiger partial charge < -0.3 is 11.1 Å². The highest BCUT2D eigenvalue weighted by Crippen LogP contribution is 2.47. The largest absolute Gasteiger partial charge is 0.397 e. The van der Waals surface area contributed by atoms with Crippen LogP contribution in [0.15, 0.2) is 18.3 Å². The SMILES string of the molecule is CCC1(CNCc2ncccc2N)CC1. The first-order chi connectivity index (χ1) is 7.26. The lowest BCUT2D eigenvalue weighted by molar-refractivity contribution is 0.442. The molecule has 0 bridgehead atoms. The lowest BCUT2D eigenvalue weighted by Crippen LogP contribution is -2.24. The van der Waals surface area contributed by atoms with Crippen molar-refractivity contribution < 1.29 is 0 Å². The van der Waals surface area contributed by atoms with Crippen molar-refractivity contribution in [1.29, 1.82) is 0 Å². The minimum atomic E-state index is 0.587. The third-order valence-corrected chi connectivity index (χ3v) is 3.42. The molecule has 1 aromatic rings. The minimum Gasteiger partial charge on any atom is -0.397 e. The molecular weight excluding hydrogens is 186 g/mol. The van der Waals surface area contributed by atoms with Gasteiger partial charge in [0.15, 0.2) is 0 Å². The van der Waals surface area contributed by atoms with Gasteiger partial charge in [0.2, 0.25) is 0 Å². The summed E-state index contributed by atoms with van der Waals surface area (Å²) in [6.07, 6.45) is 5.81. The van der Waals surface area contributed by atoms with Gasteiger partial charge in [0, 0.05) is 19.3 Å². The summed E-state index contributed by atoms with van der Waals surface area (Å²) in [5.41, 5.74) is 8.15. The van der Waals surface area contributed by atoms with E-state index in [1.165, 1.54) is 19.3 Å². The number of anilines is 1. The summed E-state index contributed by atoms with van der Waals surface area (Å²) in [6, 6.07) is 3.77. The van der Waals surface area contributed by atoms with Crippen LogP contribution in [0.1, 0.15) is 31.9 Å². The van der Waals surface area contributed by atoms with Gasteiger partial charge in [0.1, 0.15) is 0 Å². The number of hydrogen-bond donors (Lipinski definition) is 2. The Balaban J connectivity index is 1.81. The average Bonchev–Trinajstić information content (AvgIpc) is 3.02. The van der Waals surface area contributed by atoms with E-state index >= 15 is 0 Å². The monoisotopic (exact) mass is 205 g/mol. The molecule has 3 nitrogen and oxygen atoms in total. The van der Waals surface area contributed by atoms with Gasteiger partial charge in [-0.05, 0) is 36.8 Å². The van der Waals surface area contributed by atoms with Crippen molar-refractivity contribution in [3.63, 3.8) is 0 Å². The fraction of sp³-hybridized carbons (Fsp3) is 0.583. The molecule has 1 aliphatic rings. The number of hydrogen-bond acceptors (Lipinski definition) is 3. The third kappa shape index (κ3) is 2.48. The van der Waals surface area contributed by atoms with Crippen molar-refractivity contribution in [2.45, 2.75) is 32.7 Å². The lowest BCUT2D eigenvalue weighted by atomic mass is 10.0. The summed E-state index contributed by atoms with van der Waals surface area (Å²) in [4.78, 5) is 4.26. The topological polar surface area (TPSA) is 50.9 Å². The molecule has 15 heavy (non-hydrogen) atoms. The second-order valence-electron chi connectivity index (χ2n) is 4.50. The summed E-state index contributed by atoms with van der Waals surface area (Å²) >= 11 is 0. The normalized spacial score (nSPS) is 17.7. The van der Waals surface area contributed by atoms with E-state index < -0.39 is 0 Å². The first kappa shape index (κ1) is 10.4. The summed E-state index contributed by atoms with van der Waals surface area (Å²) in [6.45, 7) is 4.15. The molecule has 1 heterocycles. The number of pyridine rings is 1. The van der Waals surface area contributed by atoms with Crippen LogP contribution in [0.2, 0.25) is 0 Å². The molecule has 1 aliphatic carbocycles. The minimum absolute atomic E-state index is 0.587. The van der Waals surface area contributed by atoms with Crippen LogP contribution < -0.4 is 11.1 Å². The molecule has 3 N–H and O–H groups in total. The molecule has 3 heteroatoms. The van der Waals surface area contributed by atoms with Crippen LogP contribution in [0.4, 0.5) is 5.69 Å². The zero-order valence-corrected chi connectivity index (χ0v) is 9.29. The quantitative estimate of drug-likeness (QED) is 0.772. The summed E-state index contributed by atoms with van der Waals surface area (Å²) in [5, 5.41) is 3.45. The molecule has 2 rings (SSSR count). The van der Waals surface area contributed by atoms with Gasteiger partial charge >= 0.3 is 0 Å². The first-order valence-electron chi connectivity index (χ1n) is 5.66. The van der Waals surface area contributed by atoms with Gasteiger partial charge in [-0.25, -0.2) is 0 Å². The molecule has 0 spiro atoms. The van der Waals surface area contributed by atoms with Crippen LogP contribution in [-0.4, -0.2) is 11.5 Å². The fourth-order valence-electron chi connectivity index (χ4n) is 1.88. The second-order valence-corrected chi connectivity index (χ2v) is 4.50. The molecule has 0 aliphatic heterocycles. The van der Waals surface area contributed by atoms with Crippen molar-refractivity contribution in [1.82, 2.24) is 10.3 Å². The highest BCUT2D eigenvalue weighted by molar-refractivity contribution is 5.41. The zero-order valence-electron chi connectivity index (χ0n) is 9.29. The van der Waals surface area contributed by atoms with Crippen LogP contribution in [0.25, 0.3) is 0 Å². The van der Waals surface area contributed by atoms with Crippen molar-refractivity contribution >= 4 is 5.69 Å². The number of nitrogens with two attached hydrogens (primary N) is 1. The van der Waals surface area contributed by atoms with Crippen LogP contribution in [0.3, 0.4) is 0 Å². The molecule has 0 atom stereocenters. The van der Waals surface area contributed by atoms with E-state index in [1.807, 2.05) is 12.1 Å². The van der Waals surface area contributed by atoms with E-state index in [9.17, 15) is 0 Å². The van der Waals surface area contributed by atoms with E-state index in [0.717, 1.165) is 24.5 Å². The molecular formula is C12H19N3. The summed E-state index contributed by atoms with van der Waals surface area (Å²) < 4.78 is 0. The van der Waals surface area contributed by atoms with Gasteiger partial charge in [0.05, 0.1) is 11.4 Å². The van der Waals surface area contributed by atoms with E-state index in [1.54, 1.807) is 6.20 Å². The average molecular weight is 205 g/mol. The first-order valence-corrected chi connectivity index (χ1v) is 5.66. The molecule has 1 saturated carbocycles. The van der Waals surface area contributed by atoms with Gasteiger partial charge in [0.25, 0.3) is 0 Å². The number of aromatic nitrogens is 1. The molecule has 0 saturated heterocycles. The molecule has 0 unspecified atom stereocenters. The predicted molar refractivity (Wildman–Crippen MR) is 62.3 cm³/mol. The Labute approximate surface area is 91.1 Å². The number of nitrogens with one attached hydrogen (secondary N) is 1. The van der Waals surface area contributed by atoms with Crippen LogP contribution in [0, 0.1) is 5.41 Å². The maximum Gasteiger partial charge on any atom is 0.0770 e.